The highest BCUT2D eigenvalue weighted by Gasteiger charge is 2.26. The molecular weight excluding hydrogens is 548 g/mol. The molecule has 1 heterocycles. The summed E-state index contributed by atoms with van der Waals surface area (Å²) in [6.07, 6.45) is 0.105. The molecule has 41 heavy (non-hydrogen) atoms. The summed E-state index contributed by atoms with van der Waals surface area (Å²) in [5, 5.41) is 19.7. The quantitative estimate of drug-likeness (QED) is 0.226. The van der Waals surface area contributed by atoms with Crippen LogP contribution in [0.15, 0.2) is 77.6 Å². The number of ketones is 1. The van der Waals surface area contributed by atoms with Gasteiger partial charge in [0.15, 0.2) is 5.78 Å². The maximum Gasteiger partial charge on any atom is 0.335 e. The number of carboxylic acid groups (broad SMARTS) is 1. The summed E-state index contributed by atoms with van der Waals surface area (Å²) in [7, 11) is 3.16. The van der Waals surface area contributed by atoms with Crippen LogP contribution in [0.25, 0.3) is 11.1 Å². The van der Waals surface area contributed by atoms with Gasteiger partial charge in [-0.05, 0) is 72.6 Å². The fourth-order valence-electron chi connectivity index (χ4n) is 4.31. The smallest absolute Gasteiger partial charge is 0.335 e. The van der Waals surface area contributed by atoms with Crippen LogP contribution in [0.1, 0.15) is 39.2 Å². The molecule has 4 aromatic rings. The number of Topliss-reactive ketones (excluding diaryl/α,β-unsaturated/α-hetero) is 1. The van der Waals surface area contributed by atoms with E-state index >= 15 is 0 Å². The number of nitrogens with zero attached hydrogens (tertiary/aromatic N) is 2. The number of carbonyl (C=O) groups is 3. The van der Waals surface area contributed by atoms with Crippen molar-refractivity contribution in [3.05, 3.63) is 105 Å². The molecule has 0 radical (unpaired) electrons. The van der Waals surface area contributed by atoms with Crippen molar-refractivity contribution in [2.45, 2.75) is 19.4 Å². The normalized spacial score (nSPS) is 11.4. The molecular formula is C30H27ClN4O6. The lowest BCUT2D eigenvalue weighted by Crippen LogP contribution is -2.36. The Bertz CT molecular complexity index is 1670. The third-order valence-electron chi connectivity index (χ3n) is 6.44. The molecule has 4 rings (SSSR count). The first-order valence-corrected chi connectivity index (χ1v) is 12.9. The molecule has 0 saturated heterocycles. The number of rotatable bonds is 10. The third-order valence-corrected chi connectivity index (χ3v) is 6.67. The highest BCUT2D eigenvalue weighted by atomic mass is 35.5. The van der Waals surface area contributed by atoms with Crippen molar-refractivity contribution in [2.24, 2.45) is 0 Å². The SMILES string of the molecule is CNc1ccc(CC(C(=O)Nc2ccc(C(=O)O)cc2)n2nc(OC)c(-c3cc(Cl)ccc3C(C)=O)cc2=O)cc1. The molecule has 0 bridgehead atoms. The van der Waals surface area contributed by atoms with Crippen LogP contribution in [0, 0.1) is 0 Å². The number of ether oxygens (including phenoxy) is 1. The van der Waals surface area contributed by atoms with Gasteiger partial charge in [0.2, 0.25) is 11.8 Å². The fourth-order valence-corrected chi connectivity index (χ4v) is 4.48. The van der Waals surface area contributed by atoms with Gasteiger partial charge in [-0.2, -0.15) is 0 Å². The highest BCUT2D eigenvalue weighted by molar-refractivity contribution is 6.31. The number of aromatic carboxylic acids is 1. The van der Waals surface area contributed by atoms with Gasteiger partial charge < -0.3 is 20.5 Å². The Hall–Kier alpha value is -4.96. The minimum atomic E-state index is -1.11. The van der Waals surface area contributed by atoms with Gasteiger partial charge in [-0.25, -0.2) is 9.48 Å². The molecule has 0 aliphatic heterocycles. The van der Waals surface area contributed by atoms with E-state index in [0.717, 1.165) is 15.9 Å². The van der Waals surface area contributed by atoms with Gasteiger partial charge in [-0.3, -0.25) is 14.4 Å². The topological polar surface area (TPSA) is 140 Å². The molecule has 0 saturated carbocycles. The number of carbonyl (C=O) groups excluding carboxylic acids is 2. The van der Waals surface area contributed by atoms with E-state index in [1.54, 1.807) is 25.2 Å². The van der Waals surface area contributed by atoms with Crippen LogP contribution in [-0.2, 0) is 11.2 Å². The Balaban J connectivity index is 1.79. The van der Waals surface area contributed by atoms with Gasteiger partial charge in [0.05, 0.1) is 18.2 Å². The highest BCUT2D eigenvalue weighted by Crippen LogP contribution is 2.33. The number of nitrogens with one attached hydrogen (secondary N) is 2. The molecule has 11 heteroatoms. The van der Waals surface area contributed by atoms with Crippen molar-refractivity contribution in [3.8, 4) is 17.0 Å². The lowest BCUT2D eigenvalue weighted by atomic mass is 9.98. The van der Waals surface area contributed by atoms with Crippen LogP contribution in [0.3, 0.4) is 0 Å². The summed E-state index contributed by atoms with van der Waals surface area (Å²) in [5.74, 6) is -1.87. The predicted octanol–water partition coefficient (Wildman–Crippen LogP) is 4.94. The van der Waals surface area contributed by atoms with Crippen molar-refractivity contribution in [3.63, 3.8) is 0 Å². The van der Waals surface area contributed by atoms with E-state index in [9.17, 15) is 19.2 Å². The van der Waals surface area contributed by atoms with Crippen LogP contribution in [0.2, 0.25) is 5.02 Å². The number of anilines is 2. The standard InChI is InChI=1S/C30H27ClN4O6/c1-17(36)23-13-8-20(31)15-24(23)25-16-27(37)35(34-29(25)41-3)26(14-18-4-9-21(32-2)10-5-18)28(38)33-22-11-6-19(7-12-22)30(39)40/h4-13,15-16,26,32H,14H2,1-3H3,(H,33,38)(H,39,40). The minimum absolute atomic E-state index is 0.0171. The van der Waals surface area contributed by atoms with Gasteiger partial charge in [0.1, 0.15) is 6.04 Å². The average Bonchev–Trinajstić information content (AvgIpc) is 2.96. The van der Waals surface area contributed by atoms with Gasteiger partial charge in [0.25, 0.3) is 5.56 Å². The number of hydrogen-bond donors (Lipinski definition) is 3. The van der Waals surface area contributed by atoms with Crippen LogP contribution in [0.4, 0.5) is 11.4 Å². The second-order valence-electron chi connectivity index (χ2n) is 9.13. The maximum atomic E-state index is 13.6. The molecule has 0 fully saturated rings. The van der Waals surface area contributed by atoms with E-state index in [0.29, 0.717) is 21.8 Å². The summed E-state index contributed by atoms with van der Waals surface area (Å²) in [6, 6.07) is 17.8. The number of methoxy groups -OCH3 is 1. The predicted molar refractivity (Wildman–Crippen MR) is 156 cm³/mol. The number of hydrogen-bond acceptors (Lipinski definition) is 7. The van der Waals surface area contributed by atoms with E-state index < -0.39 is 23.5 Å². The van der Waals surface area contributed by atoms with Crippen LogP contribution >= 0.6 is 11.6 Å². The molecule has 1 unspecified atom stereocenters. The van der Waals surface area contributed by atoms with Crippen molar-refractivity contribution in [2.75, 3.05) is 24.8 Å². The van der Waals surface area contributed by atoms with Crippen molar-refractivity contribution < 1.29 is 24.2 Å². The first-order chi connectivity index (χ1) is 19.6. The third kappa shape index (κ3) is 6.62. The molecule has 0 aliphatic carbocycles. The van der Waals surface area contributed by atoms with Crippen LogP contribution < -0.4 is 20.9 Å². The maximum absolute atomic E-state index is 13.6. The first kappa shape index (κ1) is 29.0. The fraction of sp³-hybridized carbons (Fsp3) is 0.167. The van der Waals surface area contributed by atoms with Crippen LogP contribution in [0.5, 0.6) is 5.88 Å². The Morgan fingerprint density at radius 2 is 1.63 bits per heavy atom. The van der Waals surface area contributed by atoms with E-state index in [-0.39, 0.29) is 29.2 Å². The van der Waals surface area contributed by atoms with E-state index in [4.69, 9.17) is 21.4 Å². The number of amides is 1. The van der Waals surface area contributed by atoms with E-state index in [1.165, 1.54) is 44.4 Å². The van der Waals surface area contributed by atoms with E-state index in [1.807, 2.05) is 24.3 Å². The number of aromatic nitrogens is 2. The Kier molecular flexibility index (Phi) is 8.84. The molecule has 3 N–H and O–H groups in total. The minimum Gasteiger partial charge on any atom is -0.480 e. The number of halogens is 1. The average molecular weight is 575 g/mol. The lowest BCUT2D eigenvalue weighted by Gasteiger charge is -2.21. The zero-order valence-corrected chi connectivity index (χ0v) is 23.2. The van der Waals surface area contributed by atoms with Gasteiger partial charge in [-0.1, -0.05) is 23.7 Å². The van der Waals surface area contributed by atoms with Gasteiger partial charge >= 0.3 is 5.97 Å². The zero-order valence-electron chi connectivity index (χ0n) is 22.5. The van der Waals surface area contributed by atoms with E-state index in [2.05, 4.69) is 15.7 Å². The zero-order chi connectivity index (χ0) is 29.7. The molecule has 1 amide bonds. The molecule has 210 valence electrons. The van der Waals surface area contributed by atoms with Crippen LogP contribution in [-0.4, -0.2) is 46.7 Å². The summed E-state index contributed by atoms with van der Waals surface area (Å²) < 4.78 is 6.55. The summed E-state index contributed by atoms with van der Waals surface area (Å²) in [5.41, 5.74) is 2.39. The Morgan fingerprint density at radius 1 is 0.976 bits per heavy atom. The van der Waals surface area contributed by atoms with Crippen molar-refractivity contribution in [1.29, 1.82) is 0 Å². The van der Waals surface area contributed by atoms with Crippen molar-refractivity contribution >= 4 is 40.6 Å². The summed E-state index contributed by atoms with van der Waals surface area (Å²) in [4.78, 5) is 50.6. The molecule has 1 aromatic heterocycles. The van der Waals surface area contributed by atoms with Gasteiger partial charge in [-0.15, -0.1) is 5.10 Å². The molecule has 1 atom stereocenters. The largest absolute Gasteiger partial charge is 0.480 e. The summed E-state index contributed by atoms with van der Waals surface area (Å²) in [6.45, 7) is 1.40. The first-order valence-electron chi connectivity index (χ1n) is 12.5. The monoisotopic (exact) mass is 574 g/mol. The molecule has 0 aliphatic rings. The van der Waals surface area contributed by atoms with Gasteiger partial charge in [0, 0.05) is 41.5 Å². The Morgan fingerprint density at radius 3 is 2.22 bits per heavy atom. The molecule has 10 nitrogen and oxygen atoms in total. The second kappa shape index (κ2) is 12.5. The molecule has 0 spiro atoms. The van der Waals surface area contributed by atoms with Crippen molar-refractivity contribution in [1.82, 2.24) is 9.78 Å². The molecule has 3 aromatic carbocycles. The summed E-state index contributed by atoms with van der Waals surface area (Å²) >= 11 is 6.20. The number of benzene rings is 3. The second-order valence-corrected chi connectivity index (χ2v) is 9.57. The Labute approximate surface area is 240 Å². The lowest BCUT2D eigenvalue weighted by molar-refractivity contribution is -0.119. The number of carboxylic acids is 1.